The van der Waals surface area contributed by atoms with Crippen LogP contribution in [0.25, 0.3) is 0 Å². The lowest BCUT2D eigenvalue weighted by atomic mass is 10.3. The maximum atomic E-state index is 9.77. The molecule has 0 saturated carbocycles. The van der Waals surface area contributed by atoms with Gasteiger partial charge < -0.3 is 19.9 Å². The van der Waals surface area contributed by atoms with E-state index in [2.05, 4.69) is 12.2 Å². The molecule has 0 radical (unpaired) electrons. The van der Waals surface area contributed by atoms with Gasteiger partial charge in [-0.25, -0.2) is 0 Å². The fourth-order valence-electron chi connectivity index (χ4n) is 1.68. The maximum absolute atomic E-state index is 9.77. The second kappa shape index (κ2) is 9.61. The largest absolute Gasteiger partial charge is 0.491 e. The molecule has 1 aromatic rings. The van der Waals surface area contributed by atoms with E-state index in [1.165, 1.54) is 0 Å². The average Bonchev–Trinajstić information content (AvgIpc) is 2.42. The number of unbranched alkanes of at least 4 members (excludes halogenated alkanes) is 1. The number of rotatable bonds is 10. The molecule has 0 aliphatic rings. The van der Waals surface area contributed by atoms with Crippen molar-refractivity contribution in [2.45, 2.75) is 45.8 Å². The first-order valence-electron chi connectivity index (χ1n) is 7.38. The normalized spacial score (nSPS) is 12.4. The van der Waals surface area contributed by atoms with E-state index in [1.807, 2.05) is 38.1 Å². The summed E-state index contributed by atoms with van der Waals surface area (Å²) >= 11 is 0. The summed E-state index contributed by atoms with van der Waals surface area (Å²) < 4.78 is 11.0. The highest BCUT2D eigenvalue weighted by Gasteiger charge is 2.04. The molecule has 0 aromatic heterocycles. The van der Waals surface area contributed by atoms with Crippen LogP contribution in [0, 0.1) is 0 Å². The Balaban J connectivity index is 2.23. The topological polar surface area (TPSA) is 50.7 Å². The molecule has 0 fully saturated rings. The molecule has 1 unspecified atom stereocenters. The molecular weight excluding hydrogens is 254 g/mol. The highest BCUT2D eigenvalue weighted by atomic mass is 16.5. The zero-order valence-corrected chi connectivity index (χ0v) is 12.8. The third kappa shape index (κ3) is 7.36. The van der Waals surface area contributed by atoms with Gasteiger partial charge in [0.25, 0.3) is 0 Å². The van der Waals surface area contributed by atoms with Crippen molar-refractivity contribution in [3.8, 4) is 5.75 Å². The highest BCUT2D eigenvalue weighted by molar-refractivity contribution is 5.46. The maximum Gasteiger partial charge on any atom is 0.119 e. The quantitative estimate of drug-likeness (QED) is 0.647. The Kier molecular flexibility index (Phi) is 8.07. The number of ether oxygens (including phenoxy) is 2. The molecule has 1 rings (SSSR count). The Bertz CT molecular complexity index is 351. The predicted molar refractivity (Wildman–Crippen MR) is 82.4 cm³/mol. The van der Waals surface area contributed by atoms with Crippen LogP contribution in [0.2, 0.25) is 0 Å². The summed E-state index contributed by atoms with van der Waals surface area (Å²) in [6, 6.07) is 7.74. The molecule has 0 saturated heterocycles. The van der Waals surface area contributed by atoms with E-state index in [-0.39, 0.29) is 6.10 Å². The summed E-state index contributed by atoms with van der Waals surface area (Å²) in [5.41, 5.74) is 0.966. The Morgan fingerprint density at radius 2 is 1.90 bits per heavy atom. The van der Waals surface area contributed by atoms with E-state index in [9.17, 15) is 5.11 Å². The SMILES string of the molecule is CCCCOCC(O)CNc1ccc(OC(C)C)cc1. The van der Waals surface area contributed by atoms with Crippen LogP contribution in [0.5, 0.6) is 5.75 Å². The fourth-order valence-corrected chi connectivity index (χ4v) is 1.68. The summed E-state index contributed by atoms with van der Waals surface area (Å²) in [7, 11) is 0. The predicted octanol–water partition coefficient (Wildman–Crippen LogP) is 3.06. The van der Waals surface area contributed by atoms with Crippen molar-refractivity contribution in [3.63, 3.8) is 0 Å². The average molecular weight is 281 g/mol. The lowest BCUT2D eigenvalue weighted by molar-refractivity contribution is 0.0422. The monoisotopic (exact) mass is 281 g/mol. The zero-order chi connectivity index (χ0) is 14.8. The second-order valence-electron chi connectivity index (χ2n) is 5.15. The summed E-state index contributed by atoms with van der Waals surface area (Å²) in [5.74, 6) is 0.856. The lowest BCUT2D eigenvalue weighted by Crippen LogP contribution is -2.25. The Morgan fingerprint density at radius 3 is 2.50 bits per heavy atom. The standard InChI is InChI=1S/C16H27NO3/c1-4-5-10-19-12-15(18)11-17-14-6-8-16(9-7-14)20-13(2)3/h6-9,13,15,17-18H,4-5,10-12H2,1-3H3. The van der Waals surface area contributed by atoms with Crippen molar-refractivity contribution in [3.05, 3.63) is 24.3 Å². The summed E-state index contributed by atoms with van der Waals surface area (Å²) in [5, 5.41) is 13.0. The van der Waals surface area contributed by atoms with Crippen molar-refractivity contribution >= 4 is 5.69 Å². The van der Waals surface area contributed by atoms with Crippen molar-refractivity contribution in [1.29, 1.82) is 0 Å². The lowest BCUT2D eigenvalue weighted by Gasteiger charge is -2.14. The van der Waals surface area contributed by atoms with Gasteiger partial charge in [-0.15, -0.1) is 0 Å². The fraction of sp³-hybridized carbons (Fsp3) is 0.625. The number of benzene rings is 1. The Morgan fingerprint density at radius 1 is 1.20 bits per heavy atom. The minimum Gasteiger partial charge on any atom is -0.491 e. The summed E-state index contributed by atoms with van der Waals surface area (Å²) in [6.45, 7) is 7.70. The van der Waals surface area contributed by atoms with Crippen LogP contribution in [0.4, 0.5) is 5.69 Å². The first-order valence-corrected chi connectivity index (χ1v) is 7.38. The minimum atomic E-state index is -0.488. The molecule has 20 heavy (non-hydrogen) atoms. The Labute approximate surface area is 122 Å². The smallest absolute Gasteiger partial charge is 0.119 e. The van der Waals surface area contributed by atoms with E-state index in [4.69, 9.17) is 9.47 Å². The molecule has 0 aliphatic heterocycles. The number of aliphatic hydroxyl groups excluding tert-OH is 1. The van der Waals surface area contributed by atoms with Crippen molar-refractivity contribution in [1.82, 2.24) is 0 Å². The van der Waals surface area contributed by atoms with Crippen molar-refractivity contribution in [2.24, 2.45) is 0 Å². The van der Waals surface area contributed by atoms with Crippen molar-refractivity contribution < 1.29 is 14.6 Å². The molecule has 0 amide bonds. The first-order chi connectivity index (χ1) is 9.61. The third-order valence-corrected chi connectivity index (χ3v) is 2.72. The molecule has 2 N–H and O–H groups in total. The van der Waals surface area contributed by atoms with E-state index in [0.29, 0.717) is 13.2 Å². The molecule has 4 heteroatoms. The van der Waals surface area contributed by atoms with Crippen LogP contribution >= 0.6 is 0 Å². The summed E-state index contributed by atoms with van der Waals surface area (Å²) in [4.78, 5) is 0. The van der Waals surface area contributed by atoms with Gasteiger partial charge in [0.2, 0.25) is 0 Å². The molecule has 114 valence electrons. The second-order valence-corrected chi connectivity index (χ2v) is 5.15. The molecule has 1 atom stereocenters. The number of nitrogens with one attached hydrogen (secondary N) is 1. The van der Waals surface area contributed by atoms with Crippen molar-refractivity contribution in [2.75, 3.05) is 25.1 Å². The number of hydrogen-bond donors (Lipinski definition) is 2. The van der Waals surface area contributed by atoms with Crippen LogP contribution in [0.1, 0.15) is 33.6 Å². The van der Waals surface area contributed by atoms with Gasteiger partial charge in [0, 0.05) is 18.8 Å². The number of aliphatic hydroxyl groups is 1. The van der Waals surface area contributed by atoms with Gasteiger partial charge in [0.1, 0.15) is 5.75 Å². The molecule has 0 spiro atoms. The molecule has 1 aromatic carbocycles. The van der Waals surface area contributed by atoms with Crippen LogP contribution in [0.15, 0.2) is 24.3 Å². The van der Waals surface area contributed by atoms with Crippen LogP contribution in [-0.4, -0.2) is 37.1 Å². The van der Waals surface area contributed by atoms with E-state index in [0.717, 1.165) is 30.9 Å². The third-order valence-electron chi connectivity index (χ3n) is 2.72. The number of anilines is 1. The zero-order valence-electron chi connectivity index (χ0n) is 12.8. The molecule has 0 heterocycles. The first kappa shape index (κ1) is 16.8. The van der Waals surface area contributed by atoms with Gasteiger partial charge in [-0.1, -0.05) is 13.3 Å². The van der Waals surface area contributed by atoms with Gasteiger partial charge >= 0.3 is 0 Å². The summed E-state index contributed by atoms with van der Waals surface area (Å²) in [6.07, 6.45) is 1.84. The van der Waals surface area contributed by atoms with E-state index < -0.39 is 6.10 Å². The number of hydrogen-bond acceptors (Lipinski definition) is 4. The molecule has 4 nitrogen and oxygen atoms in total. The molecule has 0 bridgehead atoms. The van der Waals surface area contributed by atoms with Crippen LogP contribution in [-0.2, 0) is 4.74 Å². The van der Waals surface area contributed by atoms with Gasteiger partial charge in [-0.3, -0.25) is 0 Å². The van der Waals surface area contributed by atoms with Crippen LogP contribution in [0.3, 0.4) is 0 Å². The van der Waals surface area contributed by atoms with Gasteiger partial charge in [0.05, 0.1) is 18.8 Å². The van der Waals surface area contributed by atoms with Crippen LogP contribution < -0.4 is 10.1 Å². The van der Waals surface area contributed by atoms with E-state index in [1.54, 1.807) is 0 Å². The van der Waals surface area contributed by atoms with Gasteiger partial charge in [-0.2, -0.15) is 0 Å². The van der Waals surface area contributed by atoms with E-state index >= 15 is 0 Å². The Hall–Kier alpha value is -1.26. The minimum absolute atomic E-state index is 0.177. The molecule has 0 aliphatic carbocycles. The van der Waals surface area contributed by atoms with Gasteiger partial charge in [-0.05, 0) is 44.5 Å². The van der Waals surface area contributed by atoms with Gasteiger partial charge in [0.15, 0.2) is 0 Å². The highest BCUT2D eigenvalue weighted by Crippen LogP contribution is 2.16. The molecular formula is C16H27NO3.